The van der Waals surface area contributed by atoms with Crippen molar-refractivity contribution in [2.75, 3.05) is 39.8 Å². The molecule has 1 aliphatic rings. The fraction of sp³-hybridized carbons (Fsp3) is 0.600. The SMILES string of the molecule is CN=C(NCCCN1CCCC(C(N)=O)C1)NCC(C)Sc1ccccc1.I. The summed E-state index contributed by atoms with van der Waals surface area (Å²) in [5.41, 5.74) is 5.44. The van der Waals surface area contributed by atoms with Crippen molar-refractivity contribution in [2.45, 2.75) is 36.3 Å². The zero-order valence-corrected chi connectivity index (χ0v) is 20.0. The van der Waals surface area contributed by atoms with Crippen LogP contribution in [-0.4, -0.2) is 61.8 Å². The zero-order chi connectivity index (χ0) is 19.5. The summed E-state index contributed by atoms with van der Waals surface area (Å²) in [7, 11) is 1.80. The lowest BCUT2D eigenvalue weighted by Crippen LogP contribution is -2.43. The molecule has 0 radical (unpaired) electrons. The van der Waals surface area contributed by atoms with E-state index in [1.807, 2.05) is 17.8 Å². The van der Waals surface area contributed by atoms with Gasteiger partial charge in [0.15, 0.2) is 5.96 Å². The molecule has 1 saturated heterocycles. The molecule has 6 nitrogen and oxygen atoms in total. The van der Waals surface area contributed by atoms with Crippen LogP contribution in [0.2, 0.25) is 0 Å². The molecular weight excluding hydrogens is 485 g/mol. The average Bonchev–Trinajstić information content (AvgIpc) is 2.68. The van der Waals surface area contributed by atoms with Gasteiger partial charge in [0.05, 0.1) is 5.92 Å². The van der Waals surface area contributed by atoms with Crippen LogP contribution in [-0.2, 0) is 4.79 Å². The first-order valence-corrected chi connectivity index (χ1v) is 10.6. The summed E-state index contributed by atoms with van der Waals surface area (Å²) in [6.45, 7) is 6.77. The van der Waals surface area contributed by atoms with E-state index in [2.05, 4.69) is 51.7 Å². The van der Waals surface area contributed by atoms with Crippen molar-refractivity contribution < 1.29 is 4.79 Å². The minimum Gasteiger partial charge on any atom is -0.369 e. The summed E-state index contributed by atoms with van der Waals surface area (Å²) in [6.07, 6.45) is 3.00. The molecule has 1 fully saturated rings. The number of amides is 1. The van der Waals surface area contributed by atoms with E-state index in [1.54, 1.807) is 7.05 Å². The van der Waals surface area contributed by atoms with Crippen LogP contribution >= 0.6 is 35.7 Å². The number of benzene rings is 1. The molecule has 4 N–H and O–H groups in total. The van der Waals surface area contributed by atoms with Gasteiger partial charge in [0.1, 0.15) is 0 Å². The highest BCUT2D eigenvalue weighted by atomic mass is 127. The summed E-state index contributed by atoms with van der Waals surface area (Å²) in [5, 5.41) is 7.22. The molecule has 2 unspecified atom stereocenters. The topological polar surface area (TPSA) is 82.8 Å². The van der Waals surface area contributed by atoms with Crippen LogP contribution in [0.3, 0.4) is 0 Å². The molecule has 0 spiro atoms. The maximum atomic E-state index is 11.4. The highest BCUT2D eigenvalue weighted by Crippen LogP contribution is 2.21. The van der Waals surface area contributed by atoms with E-state index < -0.39 is 0 Å². The lowest BCUT2D eigenvalue weighted by atomic mass is 9.97. The Labute approximate surface area is 190 Å². The highest BCUT2D eigenvalue weighted by Gasteiger charge is 2.23. The Morgan fingerprint density at radius 2 is 2.11 bits per heavy atom. The van der Waals surface area contributed by atoms with Crippen LogP contribution in [0.5, 0.6) is 0 Å². The second kappa shape index (κ2) is 14.1. The fourth-order valence-electron chi connectivity index (χ4n) is 3.23. The minimum absolute atomic E-state index is 0. The van der Waals surface area contributed by atoms with Gasteiger partial charge in [0.2, 0.25) is 5.91 Å². The third-order valence-electron chi connectivity index (χ3n) is 4.71. The summed E-state index contributed by atoms with van der Waals surface area (Å²) < 4.78 is 0. The van der Waals surface area contributed by atoms with E-state index >= 15 is 0 Å². The number of nitrogens with one attached hydrogen (secondary N) is 2. The Hall–Kier alpha value is -1.000. The number of aliphatic imine (C=N–C) groups is 1. The summed E-state index contributed by atoms with van der Waals surface area (Å²) >= 11 is 1.86. The van der Waals surface area contributed by atoms with Gasteiger partial charge in [-0.1, -0.05) is 25.1 Å². The Kier molecular flexibility index (Phi) is 12.6. The number of guanidine groups is 1. The second-order valence-corrected chi connectivity index (χ2v) is 8.53. The maximum absolute atomic E-state index is 11.4. The summed E-state index contributed by atoms with van der Waals surface area (Å²) in [6, 6.07) is 10.4. The molecule has 1 heterocycles. The molecule has 0 bridgehead atoms. The Bertz CT molecular complexity index is 602. The van der Waals surface area contributed by atoms with Crippen LogP contribution in [0.1, 0.15) is 26.2 Å². The van der Waals surface area contributed by atoms with Gasteiger partial charge in [-0.3, -0.25) is 9.79 Å². The molecule has 8 heteroatoms. The molecule has 28 heavy (non-hydrogen) atoms. The van der Waals surface area contributed by atoms with Gasteiger partial charge in [-0.25, -0.2) is 0 Å². The fourth-order valence-corrected chi connectivity index (χ4v) is 4.18. The van der Waals surface area contributed by atoms with Gasteiger partial charge in [-0.05, 0) is 44.5 Å². The first-order valence-electron chi connectivity index (χ1n) is 9.76. The molecule has 158 valence electrons. The number of nitrogens with two attached hydrogens (primary N) is 1. The quantitative estimate of drug-likeness (QED) is 0.154. The predicted molar refractivity (Wildman–Crippen MR) is 130 cm³/mol. The van der Waals surface area contributed by atoms with Gasteiger partial charge in [0.25, 0.3) is 0 Å². The van der Waals surface area contributed by atoms with Crippen molar-refractivity contribution in [1.82, 2.24) is 15.5 Å². The van der Waals surface area contributed by atoms with Gasteiger partial charge < -0.3 is 21.3 Å². The van der Waals surface area contributed by atoms with Crippen molar-refractivity contribution in [3.8, 4) is 0 Å². The van der Waals surface area contributed by atoms with E-state index in [0.29, 0.717) is 5.25 Å². The molecule has 0 aromatic heterocycles. The number of likely N-dealkylation sites (tertiary alicyclic amines) is 1. The number of primary amides is 1. The van der Waals surface area contributed by atoms with Crippen LogP contribution in [0.15, 0.2) is 40.2 Å². The number of hydrogen-bond donors (Lipinski definition) is 3. The zero-order valence-electron chi connectivity index (χ0n) is 16.9. The van der Waals surface area contributed by atoms with E-state index in [0.717, 1.165) is 57.9 Å². The normalized spacial score (nSPS) is 18.8. The average molecular weight is 519 g/mol. The van der Waals surface area contributed by atoms with Crippen molar-refractivity contribution in [3.63, 3.8) is 0 Å². The number of halogens is 1. The Morgan fingerprint density at radius 3 is 2.79 bits per heavy atom. The van der Waals surface area contributed by atoms with E-state index in [4.69, 9.17) is 5.73 Å². The van der Waals surface area contributed by atoms with Crippen LogP contribution < -0.4 is 16.4 Å². The number of carbonyl (C=O) groups is 1. The number of thioether (sulfide) groups is 1. The van der Waals surface area contributed by atoms with Gasteiger partial charge in [0, 0.05) is 36.8 Å². The molecule has 1 aromatic carbocycles. The first kappa shape index (κ1) is 25.0. The standard InChI is InChI=1S/C20H33N5OS.HI/c1-16(27-18-9-4-3-5-10-18)14-24-20(22-2)23-11-7-13-25-12-6-8-17(15-25)19(21)26;/h3-5,9-10,16-17H,6-8,11-15H2,1-2H3,(H2,21,26)(H2,22,23,24);1H. The van der Waals surface area contributed by atoms with Crippen LogP contribution in [0, 0.1) is 5.92 Å². The van der Waals surface area contributed by atoms with E-state index in [1.165, 1.54) is 4.90 Å². The maximum Gasteiger partial charge on any atom is 0.221 e. The smallest absolute Gasteiger partial charge is 0.221 e. The second-order valence-electron chi connectivity index (χ2n) is 7.02. The van der Waals surface area contributed by atoms with E-state index in [9.17, 15) is 4.79 Å². The van der Waals surface area contributed by atoms with Gasteiger partial charge >= 0.3 is 0 Å². The number of hydrogen-bond acceptors (Lipinski definition) is 4. The predicted octanol–water partition coefficient (Wildman–Crippen LogP) is 2.54. The third-order valence-corrected chi connectivity index (χ3v) is 5.83. The lowest BCUT2D eigenvalue weighted by molar-refractivity contribution is -0.123. The van der Waals surface area contributed by atoms with Crippen molar-refractivity contribution >= 4 is 47.6 Å². The Morgan fingerprint density at radius 1 is 1.36 bits per heavy atom. The monoisotopic (exact) mass is 519 g/mol. The molecular formula is C20H34IN5OS. The van der Waals surface area contributed by atoms with Crippen molar-refractivity contribution in [3.05, 3.63) is 30.3 Å². The van der Waals surface area contributed by atoms with Crippen LogP contribution in [0.25, 0.3) is 0 Å². The van der Waals surface area contributed by atoms with Gasteiger partial charge in [-0.2, -0.15) is 0 Å². The largest absolute Gasteiger partial charge is 0.369 e. The number of rotatable bonds is 9. The lowest BCUT2D eigenvalue weighted by Gasteiger charge is -2.31. The molecule has 2 atom stereocenters. The molecule has 2 rings (SSSR count). The third kappa shape index (κ3) is 9.47. The molecule has 0 aliphatic carbocycles. The first-order chi connectivity index (χ1) is 13.1. The summed E-state index contributed by atoms with van der Waals surface area (Å²) in [5.74, 6) is 0.693. The molecule has 1 amide bonds. The minimum atomic E-state index is -0.162. The number of carbonyl (C=O) groups excluding carboxylic acids is 1. The number of piperidine rings is 1. The van der Waals surface area contributed by atoms with Gasteiger partial charge in [-0.15, -0.1) is 35.7 Å². The molecule has 1 aliphatic heterocycles. The van der Waals surface area contributed by atoms with Crippen LogP contribution in [0.4, 0.5) is 0 Å². The van der Waals surface area contributed by atoms with E-state index in [-0.39, 0.29) is 35.8 Å². The molecule has 1 aromatic rings. The number of nitrogens with zero attached hydrogens (tertiary/aromatic N) is 2. The highest BCUT2D eigenvalue weighted by molar-refractivity contribution is 14.0. The Balaban J connectivity index is 0.00000392. The summed E-state index contributed by atoms with van der Waals surface area (Å²) in [4.78, 5) is 19.3. The molecule has 0 saturated carbocycles. The van der Waals surface area contributed by atoms with Crippen molar-refractivity contribution in [2.24, 2.45) is 16.6 Å². The van der Waals surface area contributed by atoms with Crippen molar-refractivity contribution in [1.29, 1.82) is 0 Å².